The molecule has 1 aromatic heterocycles. The Kier molecular flexibility index (Phi) is 5.88. The highest BCUT2D eigenvalue weighted by Gasteiger charge is 2.25. The summed E-state index contributed by atoms with van der Waals surface area (Å²) < 4.78 is 5.71. The molecule has 3 aromatic rings. The van der Waals surface area contributed by atoms with E-state index in [1.54, 1.807) is 6.07 Å². The number of rotatable bonds is 7. The van der Waals surface area contributed by atoms with Gasteiger partial charge in [0.1, 0.15) is 28.1 Å². The predicted molar refractivity (Wildman–Crippen MR) is 116 cm³/mol. The van der Waals surface area contributed by atoms with E-state index in [0.29, 0.717) is 17.9 Å². The Labute approximate surface area is 179 Å². The first-order valence-corrected chi connectivity index (χ1v) is 10.8. The highest BCUT2D eigenvalue weighted by molar-refractivity contribution is 7.17. The number of fused-ring (bicyclic) bond motifs is 1. The van der Waals surface area contributed by atoms with Crippen LogP contribution in [0.5, 0.6) is 5.75 Å². The zero-order valence-corrected chi connectivity index (χ0v) is 17.7. The third-order valence-corrected chi connectivity index (χ3v) is 6.09. The summed E-state index contributed by atoms with van der Waals surface area (Å²) in [6.07, 6.45) is 2.80. The number of hydrogen-bond donors (Lipinski definition) is 1. The van der Waals surface area contributed by atoms with Crippen LogP contribution in [-0.2, 0) is 11.2 Å². The minimum Gasteiger partial charge on any atom is -0.490 e. The number of benzene rings is 2. The summed E-state index contributed by atoms with van der Waals surface area (Å²) in [6, 6.07) is 14.2. The number of aldehydes is 1. The maximum atomic E-state index is 10.7. The second-order valence-electron chi connectivity index (χ2n) is 7.44. The minimum atomic E-state index is 0.00102. The Balaban J connectivity index is 1.64. The van der Waals surface area contributed by atoms with Crippen molar-refractivity contribution in [2.45, 2.75) is 38.8 Å². The molecule has 1 heterocycles. The van der Waals surface area contributed by atoms with Gasteiger partial charge in [-0.25, -0.2) is 0 Å². The molecule has 4 rings (SSSR count). The number of carbonyl (C=O) groups is 1. The molecule has 0 spiro atoms. The first kappa shape index (κ1) is 20.2. The summed E-state index contributed by atoms with van der Waals surface area (Å²) in [5.41, 5.74) is 4.93. The monoisotopic (exact) mass is 418 g/mol. The molecule has 1 unspecified atom stereocenters. The molecular weight excluding hydrogens is 396 g/mol. The Bertz CT molecular complexity index is 1120. The largest absolute Gasteiger partial charge is 0.490 e. The van der Waals surface area contributed by atoms with Crippen molar-refractivity contribution >= 4 is 17.6 Å². The van der Waals surface area contributed by atoms with E-state index < -0.39 is 0 Å². The average molecular weight is 419 g/mol. The normalized spacial score (nSPS) is 15.1. The Morgan fingerprint density at radius 3 is 2.90 bits per heavy atom. The van der Waals surface area contributed by atoms with Gasteiger partial charge in [-0.2, -0.15) is 5.26 Å². The van der Waals surface area contributed by atoms with E-state index in [1.165, 1.54) is 22.5 Å². The van der Waals surface area contributed by atoms with Crippen molar-refractivity contribution in [3.8, 4) is 33.0 Å². The molecular formula is C23H22N4O2S. The van der Waals surface area contributed by atoms with Gasteiger partial charge in [0.05, 0.1) is 18.2 Å². The molecule has 30 heavy (non-hydrogen) atoms. The molecule has 0 fully saturated rings. The van der Waals surface area contributed by atoms with Crippen molar-refractivity contribution in [2.75, 3.05) is 6.54 Å². The number of nitrogens with one attached hydrogen (secondary N) is 1. The van der Waals surface area contributed by atoms with Gasteiger partial charge in [0.15, 0.2) is 0 Å². The Morgan fingerprint density at radius 2 is 2.13 bits per heavy atom. The van der Waals surface area contributed by atoms with E-state index in [2.05, 4.69) is 33.7 Å². The summed E-state index contributed by atoms with van der Waals surface area (Å²) in [5, 5.41) is 23.2. The molecule has 0 bridgehead atoms. The van der Waals surface area contributed by atoms with Gasteiger partial charge in [-0.3, -0.25) is 0 Å². The van der Waals surface area contributed by atoms with Crippen LogP contribution in [0, 0.1) is 11.3 Å². The standard InChI is InChI=1S/C23H22N4O2S/c1-14(2)29-21-9-6-15(12-16(21)13-24)22-26-27-23(30-22)19-5-3-4-18-17(19)7-8-20(18)25-10-11-28/h3-6,9,11-12,14,20,25H,7-8,10H2,1-2H3. The van der Waals surface area contributed by atoms with Crippen LogP contribution in [0.1, 0.15) is 43.0 Å². The molecule has 0 amide bonds. The molecule has 152 valence electrons. The highest BCUT2D eigenvalue weighted by Crippen LogP contribution is 2.40. The fourth-order valence-corrected chi connectivity index (χ4v) is 4.71. The van der Waals surface area contributed by atoms with Crippen molar-refractivity contribution in [1.29, 1.82) is 5.26 Å². The fraction of sp³-hybridized carbons (Fsp3) is 0.304. The van der Waals surface area contributed by atoms with Gasteiger partial charge in [0.2, 0.25) is 0 Å². The van der Waals surface area contributed by atoms with Crippen LogP contribution in [0.4, 0.5) is 0 Å². The summed E-state index contributed by atoms with van der Waals surface area (Å²) in [4.78, 5) is 10.7. The second kappa shape index (κ2) is 8.74. The zero-order valence-electron chi connectivity index (χ0n) is 16.9. The van der Waals surface area contributed by atoms with E-state index in [9.17, 15) is 10.1 Å². The summed E-state index contributed by atoms with van der Waals surface area (Å²) in [7, 11) is 0. The summed E-state index contributed by atoms with van der Waals surface area (Å²) in [5.74, 6) is 0.579. The number of nitriles is 1. The molecule has 0 radical (unpaired) electrons. The van der Waals surface area contributed by atoms with E-state index in [1.807, 2.05) is 32.0 Å². The van der Waals surface area contributed by atoms with Gasteiger partial charge in [0.25, 0.3) is 0 Å². The smallest absolute Gasteiger partial charge is 0.148 e. The zero-order chi connectivity index (χ0) is 21.1. The molecule has 6 nitrogen and oxygen atoms in total. The van der Waals surface area contributed by atoms with Crippen molar-refractivity contribution < 1.29 is 9.53 Å². The molecule has 1 atom stereocenters. The Hall–Kier alpha value is -3.08. The minimum absolute atomic E-state index is 0.00102. The summed E-state index contributed by atoms with van der Waals surface area (Å²) in [6.45, 7) is 4.22. The van der Waals surface area contributed by atoms with Crippen LogP contribution >= 0.6 is 11.3 Å². The van der Waals surface area contributed by atoms with Crippen LogP contribution < -0.4 is 10.1 Å². The molecule has 2 aromatic carbocycles. The van der Waals surface area contributed by atoms with Gasteiger partial charge in [0, 0.05) is 17.2 Å². The van der Waals surface area contributed by atoms with Gasteiger partial charge >= 0.3 is 0 Å². The molecule has 1 aliphatic rings. The van der Waals surface area contributed by atoms with Crippen LogP contribution in [0.2, 0.25) is 0 Å². The molecule has 1 N–H and O–H groups in total. The Morgan fingerprint density at radius 1 is 1.30 bits per heavy atom. The van der Waals surface area contributed by atoms with Crippen molar-refractivity contribution in [1.82, 2.24) is 15.5 Å². The maximum absolute atomic E-state index is 10.7. The molecule has 0 aliphatic heterocycles. The first-order valence-electron chi connectivity index (χ1n) is 9.94. The SMILES string of the molecule is CC(C)Oc1ccc(-c2nnc(-c3cccc4c3CCC4NCC=O)s2)cc1C#N. The first-order chi connectivity index (χ1) is 14.6. The summed E-state index contributed by atoms with van der Waals surface area (Å²) >= 11 is 1.51. The van der Waals surface area contributed by atoms with Crippen molar-refractivity contribution in [3.63, 3.8) is 0 Å². The quantitative estimate of drug-likeness (QED) is 0.576. The number of hydrogen-bond acceptors (Lipinski definition) is 7. The lowest BCUT2D eigenvalue weighted by molar-refractivity contribution is -0.107. The third-order valence-electron chi connectivity index (χ3n) is 5.08. The molecule has 0 saturated carbocycles. The van der Waals surface area contributed by atoms with Crippen LogP contribution in [0.3, 0.4) is 0 Å². The second-order valence-corrected chi connectivity index (χ2v) is 8.42. The molecule has 0 saturated heterocycles. The van der Waals surface area contributed by atoms with Crippen LogP contribution in [0.15, 0.2) is 36.4 Å². The van der Waals surface area contributed by atoms with Crippen LogP contribution in [0.25, 0.3) is 21.1 Å². The average Bonchev–Trinajstić information content (AvgIpc) is 3.39. The topological polar surface area (TPSA) is 87.9 Å². The van der Waals surface area contributed by atoms with E-state index in [-0.39, 0.29) is 12.1 Å². The number of carbonyl (C=O) groups excluding carboxylic acids is 1. The number of ether oxygens (including phenoxy) is 1. The number of nitrogens with zero attached hydrogens (tertiary/aromatic N) is 3. The maximum Gasteiger partial charge on any atom is 0.148 e. The van der Waals surface area contributed by atoms with E-state index >= 15 is 0 Å². The third kappa shape index (κ3) is 3.97. The van der Waals surface area contributed by atoms with E-state index in [0.717, 1.165) is 40.3 Å². The van der Waals surface area contributed by atoms with E-state index in [4.69, 9.17) is 4.74 Å². The fourth-order valence-electron chi connectivity index (χ4n) is 3.81. The predicted octanol–water partition coefficient (Wildman–Crippen LogP) is 4.31. The van der Waals surface area contributed by atoms with Crippen LogP contribution in [-0.4, -0.2) is 29.1 Å². The lowest BCUT2D eigenvalue weighted by Crippen LogP contribution is -2.21. The molecule has 7 heteroatoms. The van der Waals surface area contributed by atoms with Gasteiger partial charge in [-0.1, -0.05) is 29.5 Å². The van der Waals surface area contributed by atoms with Gasteiger partial charge < -0.3 is 14.8 Å². The highest BCUT2D eigenvalue weighted by atomic mass is 32.1. The molecule has 1 aliphatic carbocycles. The lowest BCUT2D eigenvalue weighted by atomic mass is 10.0. The van der Waals surface area contributed by atoms with Crippen molar-refractivity contribution in [3.05, 3.63) is 53.1 Å². The lowest BCUT2D eigenvalue weighted by Gasteiger charge is -2.12. The number of aromatic nitrogens is 2. The van der Waals surface area contributed by atoms with Gasteiger partial charge in [-0.05, 0) is 56.0 Å². The van der Waals surface area contributed by atoms with Crippen molar-refractivity contribution in [2.24, 2.45) is 0 Å². The van der Waals surface area contributed by atoms with Gasteiger partial charge in [-0.15, -0.1) is 10.2 Å².